The maximum atomic E-state index is 12.5. The van der Waals surface area contributed by atoms with Gasteiger partial charge in [0.2, 0.25) is 0 Å². The second kappa shape index (κ2) is 11.0. The number of nitrogens with two attached hydrogens (primary N) is 1. The molecule has 2 rings (SSSR count). The van der Waals surface area contributed by atoms with E-state index in [9.17, 15) is 4.79 Å². The lowest BCUT2D eigenvalue weighted by Crippen LogP contribution is -2.32. The molecule has 0 unspecified atom stereocenters. The number of halogens is 2. The molecule has 120 valence electrons. The first-order chi connectivity index (χ1) is 9.81. The van der Waals surface area contributed by atoms with Gasteiger partial charge in [0.15, 0.2) is 0 Å². The average molecular weight is 342 g/mol. The van der Waals surface area contributed by atoms with Crippen LogP contribution in [0.15, 0.2) is 54.9 Å². The normalized spacial score (nSPS) is 9.32. The summed E-state index contributed by atoms with van der Waals surface area (Å²) in [5, 5.41) is 0. The largest absolute Gasteiger partial charge is 0.334 e. The molecule has 0 saturated carbocycles. The van der Waals surface area contributed by atoms with Gasteiger partial charge in [-0.05, 0) is 30.7 Å². The SMILES string of the molecule is Cl.Cl.NCCCN(Cc1ccccc1)C(=O)c1cccnc1. The Morgan fingerprint density at radius 2 is 1.82 bits per heavy atom. The zero-order valence-corrected chi connectivity index (χ0v) is 13.9. The maximum Gasteiger partial charge on any atom is 0.255 e. The standard InChI is InChI=1S/C16H19N3O.2ClH/c17-9-5-11-19(13-14-6-2-1-3-7-14)16(20)15-8-4-10-18-12-15;;/h1-4,6-8,10,12H,5,9,11,13,17H2;2*1H. The van der Waals surface area contributed by atoms with Crippen LogP contribution >= 0.6 is 24.8 Å². The van der Waals surface area contributed by atoms with Gasteiger partial charge in [0.25, 0.3) is 5.91 Å². The Morgan fingerprint density at radius 1 is 1.09 bits per heavy atom. The van der Waals surface area contributed by atoms with Crippen LogP contribution in [0.25, 0.3) is 0 Å². The maximum absolute atomic E-state index is 12.5. The summed E-state index contributed by atoms with van der Waals surface area (Å²) in [6.07, 6.45) is 4.06. The number of pyridine rings is 1. The lowest BCUT2D eigenvalue weighted by atomic mass is 10.2. The fourth-order valence-corrected chi connectivity index (χ4v) is 2.01. The molecule has 0 aliphatic rings. The Morgan fingerprint density at radius 3 is 2.41 bits per heavy atom. The molecule has 0 saturated heterocycles. The third-order valence-electron chi connectivity index (χ3n) is 3.04. The number of aromatic nitrogens is 1. The number of hydrogen-bond acceptors (Lipinski definition) is 3. The average Bonchev–Trinajstić information content (AvgIpc) is 2.52. The summed E-state index contributed by atoms with van der Waals surface area (Å²) in [6, 6.07) is 13.5. The minimum atomic E-state index is -0.00426. The van der Waals surface area contributed by atoms with Crippen molar-refractivity contribution >= 4 is 30.7 Å². The highest BCUT2D eigenvalue weighted by Crippen LogP contribution is 2.10. The van der Waals surface area contributed by atoms with Gasteiger partial charge in [-0.2, -0.15) is 0 Å². The van der Waals surface area contributed by atoms with Crippen LogP contribution in [-0.2, 0) is 6.54 Å². The summed E-state index contributed by atoms with van der Waals surface area (Å²) in [6.45, 7) is 1.82. The number of amides is 1. The van der Waals surface area contributed by atoms with Crippen LogP contribution in [0.5, 0.6) is 0 Å². The summed E-state index contributed by atoms with van der Waals surface area (Å²) in [7, 11) is 0. The first-order valence-corrected chi connectivity index (χ1v) is 6.74. The van der Waals surface area contributed by atoms with E-state index in [1.807, 2.05) is 35.2 Å². The van der Waals surface area contributed by atoms with E-state index in [1.165, 1.54) is 0 Å². The second-order valence-electron chi connectivity index (χ2n) is 4.60. The molecule has 1 heterocycles. The van der Waals surface area contributed by atoms with Crippen LogP contribution in [-0.4, -0.2) is 28.9 Å². The number of hydrogen-bond donors (Lipinski definition) is 1. The predicted molar refractivity (Wildman–Crippen MR) is 93.6 cm³/mol. The van der Waals surface area contributed by atoms with E-state index in [2.05, 4.69) is 4.98 Å². The second-order valence-corrected chi connectivity index (χ2v) is 4.60. The van der Waals surface area contributed by atoms with Crippen molar-refractivity contribution in [2.75, 3.05) is 13.1 Å². The monoisotopic (exact) mass is 341 g/mol. The summed E-state index contributed by atoms with van der Waals surface area (Å²) in [5.41, 5.74) is 7.28. The first kappa shape index (κ1) is 20.4. The molecule has 0 fully saturated rings. The molecule has 0 aliphatic carbocycles. The summed E-state index contributed by atoms with van der Waals surface area (Å²) in [4.78, 5) is 18.3. The van der Waals surface area contributed by atoms with Crippen molar-refractivity contribution in [2.45, 2.75) is 13.0 Å². The lowest BCUT2D eigenvalue weighted by Gasteiger charge is -2.22. The van der Waals surface area contributed by atoms with E-state index >= 15 is 0 Å². The molecule has 2 aromatic rings. The zero-order valence-electron chi connectivity index (χ0n) is 12.2. The molecule has 0 spiro atoms. The van der Waals surface area contributed by atoms with Gasteiger partial charge in [-0.25, -0.2) is 0 Å². The number of rotatable bonds is 6. The number of carbonyl (C=O) groups is 1. The summed E-state index contributed by atoms with van der Waals surface area (Å²) < 4.78 is 0. The molecule has 0 aliphatic heterocycles. The summed E-state index contributed by atoms with van der Waals surface area (Å²) >= 11 is 0. The molecule has 0 atom stereocenters. The van der Waals surface area contributed by atoms with Gasteiger partial charge >= 0.3 is 0 Å². The highest BCUT2D eigenvalue weighted by atomic mass is 35.5. The third kappa shape index (κ3) is 6.02. The van der Waals surface area contributed by atoms with Crippen LogP contribution in [0.1, 0.15) is 22.3 Å². The fraction of sp³-hybridized carbons (Fsp3) is 0.250. The van der Waals surface area contributed by atoms with E-state index < -0.39 is 0 Å². The Hall–Kier alpha value is -1.62. The molecule has 6 heteroatoms. The minimum absolute atomic E-state index is 0. The van der Waals surface area contributed by atoms with E-state index in [-0.39, 0.29) is 30.7 Å². The van der Waals surface area contributed by atoms with E-state index in [0.29, 0.717) is 25.2 Å². The molecular formula is C16H21Cl2N3O. The van der Waals surface area contributed by atoms with Crippen molar-refractivity contribution in [2.24, 2.45) is 5.73 Å². The van der Waals surface area contributed by atoms with Crippen molar-refractivity contribution in [3.05, 3.63) is 66.0 Å². The van der Waals surface area contributed by atoms with Crippen LogP contribution in [0, 0.1) is 0 Å². The zero-order chi connectivity index (χ0) is 14.2. The van der Waals surface area contributed by atoms with E-state index in [0.717, 1.165) is 12.0 Å². The molecule has 22 heavy (non-hydrogen) atoms. The molecule has 2 N–H and O–H groups in total. The molecule has 1 amide bonds. The van der Waals surface area contributed by atoms with Gasteiger partial charge in [0.1, 0.15) is 0 Å². The Balaban J connectivity index is 0.00000220. The Bertz CT molecular complexity index is 538. The number of benzene rings is 1. The minimum Gasteiger partial charge on any atom is -0.334 e. The quantitative estimate of drug-likeness (QED) is 0.878. The van der Waals surface area contributed by atoms with Crippen molar-refractivity contribution < 1.29 is 4.79 Å². The Labute approximate surface area is 143 Å². The first-order valence-electron chi connectivity index (χ1n) is 6.74. The molecule has 0 radical (unpaired) electrons. The molecule has 4 nitrogen and oxygen atoms in total. The van der Waals surface area contributed by atoms with Crippen molar-refractivity contribution in [1.82, 2.24) is 9.88 Å². The van der Waals surface area contributed by atoms with Crippen LogP contribution < -0.4 is 5.73 Å². The van der Waals surface area contributed by atoms with E-state index in [1.54, 1.807) is 24.5 Å². The van der Waals surface area contributed by atoms with Gasteiger partial charge in [-0.1, -0.05) is 30.3 Å². The highest BCUT2D eigenvalue weighted by molar-refractivity contribution is 5.93. The predicted octanol–water partition coefficient (Wildman–Crippen LogP) is 2.92. The van der Waals surface area contributed by atoms with Crippen LogP contribution in [0.2, 0.25) is 0 Å². The van der Waals surface area contributed by atoms with Crippen LogP contribution in [0.4, 0.5) is 0 Å². The van der Waals surface area contributed by atoms with Crippen molar-refractivity contribution in [3.63, 3.8) is 0 Å². The lowest BCUT2D eigenvalue weighted by molar-refractivity contribution is 0.0742. The van der Waals surface area contributed by atoms with Gasteiger partial charge in [-0.15, -0.1) is 24.8 Å². The number of nitrogens with zero attached hydrogens (tertiary/aromatic N) is 2. The van der Waals surface area contributed by atoms with Gasteiger partial charge in [-0.3, -0.25) is 9.78 Å². The highest BCUT2D eigenvalue weighted by Gasteiger charge is 2.15. The number of carbonyl (C=O) groups excluding carboxylic acids is 1. The topological polar surface area (TPSA) is 59.2 Å². The fourth-order valence-electron chi connectivity index (χ4n) is 2.01. The molecular weight excluding hydrogens is 321 g/mol. The summed E-state index contributed by atoms with van der Waals surface area (Å²) in [5.74, 6) is -0.00426. The molecule has 0 bridgehead atoms. The van der Waals surface area contributed by atoms with Gasteiger partial charge in [0, 0.05) is 25.5 Å². The van der Waals surface area contributed by atoms with Crippen molar-refractivity contribution in [3.8, 4) is 0 Å². The van der Waals surface area contributed by atoms with Gasteiger partial charge < -0.3 is 10.6 Å². The molecule has 1 aromatic carbocycles. The molecule has 1 aromatic heterocycles. The third-order valence-corrected chi connectivity index (χ3v) is 3.04. The van der Waals surface area contributed by atoms with Gasteiger partial charge in [0.05, 0.1) is 5.56 Å². The Kier molecular flexibility index (Phi) is 10.2. The van der Waals surface area contributed by atoms with Crippen LogP contribution in [0.3, 0.4) is 0 Å². The van der Waals surface area contributed by atoms with Crippen molar-refractivity contribution in [1.29, 1.82) is 0 Å². The smallest absolute Gasteiger partial charge is 0.255 e. The van der Waals surface area contributed by atoms with E-state index in [4.69, 9.17) is 5.73 Å².